The molecular weight excluding hydrogens is 626 g/mol. The lowest BCUT2D eigenvalue weighted by molar-refractivity contribution is -0.141. The average Bonchev–Trinajstić information content (AvgIpc) is 3.05. The largest absolute Gasteiger partial charge is 0.508 e. The highest BCUT2D eigenvalue weighted by molar-refractivity contribution is 8.13. The number of carbonyl (C=O) groups excluding carboxylic acids is 4. The van der Waals surface area contributed by atoms with Crippen molar-refractivity contribution in [3.8, 4) is 5.75 Å². The quantitative estimate of drug-likeness (QED) is 0.147. The first-order valence-electron chi connectivity index (χ1n) is 14.9. The topological polar surface area (TPSA) is 180 Å². The summed E-state index contributed by atoms with van der Waals surface area (Å²) in [6.45, 7) is 3.69. The van der Waals surface area contributed by atoms with Gasteiger partial charge in [0.2, 0.25) is 11.0 Å². The van der Waals surface area contributed by atoms with Crippen LogP contribution in [-0.2, 0) is 43.5 Å². The lowest BCUT2D eigenvalue weighted by Crippen LogP contribution is -2.53. The summed E-state index contributed by atoms with van der Waals surface area (Å²) in [4.78, 5) is 63.7. The summed E-state index contributed by atoms with van der Waals surface area (Å²) in [5.41, 5.74) is 2.07. The Hall–Kier alpha value is -5.04. The molecule has 0 radical (unpaired) electrons. The molecule has 0 fully saturated rings. The molecule has 0 aliphatic heterocycles. The maximum absolute atomic E-state index is 13.3. The van der Waals surface area contributed by atoms with Crippen molar-refractivity contribution >= 4 is 40.9 Å². The maximum Gasteiger partial charge on any atom is 0.408 e. The summed E-state index contributed by atoms with van der Waals surface area (Å²) < 4.78 is 10.5. The van der Waals surface area contributed by atoms with E-state index in [-0.39, 0.29) is 43.5 Å². The van der Waals surface area contributed by atoms with Crippen LogP contribution >= 0.6 is 11.8 Å². The first-order chi connectivity index (χ1) is 22.5. The van der Waals surface area contributed by atoms with Crippen LogP contribution in [0.4, 0.5) is 9.59 Å². The van der Waals surface area contributed by atoms with Gasteiger partial charge in [-0.2, -0.15) is 0 Å². The lowest BCUT2D eigenvalue weighted by Gasteiger charge is -2.22. The molecule has 5 N–H and O–H groups in total. The van der Waals surface area contributed by atoms with Gasteiger partial charge in [-0.1, -0.05) is 98.4 Å². The number of amides is 3. The van der Waals surface area contributed by atoms with Gasteiger partial charge in [-0.3, -0.25) is 9.59 Å². The molecule has 3 rings (SSSR count). The highest BCUT2D eigenvalue weighted by Gasteiger charge is 2.30. The number of nitrogens with one attached hydrogen (secondary N) is 3. The van der Waals surface area contributed by atoms with E-state index in [1.165, 1.54) is 12.1 Å². The van der Waals surface area contributed by atoms with Gasteiger partial charge in [-0.25, -0.2) is 14.4 Å². The van der Waals surface area contributed by atoms with Gasteiger partial charge in [0.15, 0.2) is 0 Å². The van der Waals surface area contributed by atoms with Gasteiger partial charge < -0.3 is 35.6 Å². The number of aromatic hydroxyl groups is 1. The van der Waals surface area contributed by atoms with E-state index >= 15 is 0 Å². The van der Waals surface area contributed by atoms with Crippen LogP contribution in [0.1, 0.15) is 37.0 Å². The fourth-order valence-corrected chi connectivity index (χ4v) is 5.20. The van der Waals surface area contributed by atoms with Gasteiger partial charge in [-0.15, -0.1) is 0 Å². The number of hydrogen-bond acceptors (Lipinski definition) is 9. The van der Waals surface area contributed by atoms with E-state index in [1.54, 1.807) is 60.7 Å². The highest BCUT2D eigenvalue weighted by Crippen LogP contribution is 2.16. The van der Waals surface area contributed by atoms with Crippen LogP contribution in [0.25, 0.3) is 0 Å². The zero-order valence-corrected chi connectivity index (χ0v) is 26.9. The first-order valence-corrected chi connectivity index (χ1v) is 15.9. The van der Waals surface area contributed by atoms with E-state index in [4.69, 9.17) is 9.47 Å². The Balaban J connectivity index is 1.63. The summed E-state index contributed by atoms with van der Waals surface area (Å²) >= 11 is 0.654. The summed E-state index contributed by atoms with van der Waals surface area (Å²) in [5, 5.41) is 26.4. The van der Waals surface area contributed by atoms with Gasteiger partial charge in [0.1, 0.15) is 37.1 Å². The number of ether oxygens (including phenoxy) is 2. The minimum atomic E-state index is -1.51. The van der Waals surface area contributed by atoms with Crippen LogP contribution in [0.2, 0.25) is 0 Å². The van der Waals surface area contributed by atoms with E-state index in [1.807, 2.05) is 26.0 Å². The fourth-order valence-electron chi connectivity index (χ4n) is 4.29. The Kier molecular flexibility index (Phi) is 14.6. The molecular formula is C34H39N3O9S. The van der Waals surface area contributed by atoms with E-state index in [0.29, 0.717) is 17.3 Å². The van der Waals surface area contributed by atoms with E-state index in [2.05, 4.69) is 16.0 Å². The third-order valence-corrected chi connectivity index (χ3v) is 7.77. The molecule has 3 atom stereocenters. The number of thioether (sulfide) groups is 1. The molecule has 0 bridgehead atoms. The predicted octanol–water partition coefficient (Wildman–Crippen LogP) is 4.40. The first kappa shape index (κ1) is 36.4. The number of carboxylic acids is 1. The Bertz CT molecular complexity index is 1470. The van der Waals surface area contributed by atoms with E-state index < -0.39 is 47.3 Å². The van der Waals surface area contributed by atoms with Crippen LogP contribution in [0.3, 0.4) is 0 Å². The normalized spacial score (nSPS) is 12.7. The number of aliphatic carboxylic acids is 1. The molecule has 0 saturated heterocycles. The molecule has 0 aliphatic rings. The van der Waals surface area contributed by atoms with Crippen LogP contribution in [-0.4, -0.2) is 63.3 Å². The lowest BCUT2D eigenvalue weighted by atomic mass is 10.0. The molecule has 3 aromatic carbocycles. The molecule has 0 heterocycles. The molecule has 3 aromatic rings. The van der Waals surface area contributed by atoms with Crippen LogP contribution < -0.4 is 16.0 Å². The van der Waals surface area contributed by atoms with Gasteiger partial charge in [0.05, 0.1) is 0 Å². The predicted molar refractivity (Wildman–Crippen MR) is 175 cm³/mol. The van der Waals surface area contributed by atoms with Crippen molar-refractivity contribution in [1.29, 1.82) is 0 Å². The number of benzene rings is 3. The summed E-state index contributed by atoms with van der Waals surface area (Å²) in [6, 6.07) is 20.2. The van der Waals surface area contributed by atoms with Gasteiger partial charge in [0.25, 0.3) is 0 Å². The second-order valence-electron chi connectivity index (χ2n) is 11.0. The van der Waals surface area contributed by atoms with Gasteiger partial charge in [-0.05, 0) is 41.2 Å². The Morgan fingerprint density at radius 1 is 0.681 bits per heavy atom. The minimum Gasteiger partial charge on any atom is -0.508 e. The van der Waals surface area contributed by atoms with Crippen molar-refractivity contribution in [3.05, 3.63) is 102 Å². The van der Waals surface area contributed by atoms with E-state index in [0.717, 1.165) is 11.1 Å². The number of hydrogen-bond donors (Lipinski definition) is 5. The van der Waals surface area contributed by atoms with Crippen LogP contribution in [0.5, 0.6) is 5.75 Å². The third kappa shape index (κ3) is 13.5. The van der Waals surface area contributed by atoms with Crippen molar-refractivity contribution in [2.24, 2.45) is 5.92 Å². The Morgan fingerprint density at radius 2 is 1.19 bits per heavy atom. The summed E-state index contributed by atoms with van der Waals surface area (Å²) in [6.07, 6.45) is -1.46. The second kappa shape index (κ2) is 18.8. The monoisotopic (exact) mass is 665 g/mol. The second-order valence-corrected chi connectivity index (χ2v) is 12.1. The third-order valence-electron chi connectivity index (χ3n) is 6.70. The molecule has 47 heavy (non-hydrogen) atoms. The van der Waals surface area contributed by atoms with Gasteiger partial charge in [0, 0.05) is 12.2 Å². The van der Waals surface area contributed by atoms with Crippen LogP contribution in [0, 0.1) is 5.92 Å². The zero-order valence-electron chi connectivity index (χ0n) is 26.1. The number of carbonyl (C=O) groups is 5. The number of rotatable bonds is 16. The Labute approximate surface area is 277 Å². The number of phenols is 1. The van der Waals surface area contributed by atoms with Crippen molar-refractivity contribution in [1.82, 2.24) is 16.0 Å². The SMILES string of the molecule is CC(C)C[C@@H](NC(=O)OCc1ccccc1)C(=O)SC[C@H](NC(=O)[C@H](Cc1ccc(O)cc1)NC(=O)OCc1ccccc1)C(=O)O. The highest BCUT2D eigenvalue weighted by atomic mass is 32.2. The standard InChI is InChI=1S/C34H39N3O9S/c1-22(2)17-28(37-34(44)46-20-25-11-7-4-8-12-25)32(42)47-21-29(31(40)41)35-30(39)27(18-23-13-15-26(38)16-14-23)36-33(43)45-19-24-9-5-3-6-10-24/h3-16,22,27-29,38H,17-21H2,1-2H3,(H,35,39)(H,36,43)(H,37,44)(H,40,41)/t27-,28+,29-/m0/s1. The molecule has 250 valence electrons. The molecule has 0 unspecified atom stereocenters. The number of carboxylic acid groups (broad SMARTS) is 1. The zero-order chi connectivity index (χ0) is 34.2. The van der Waals surface area contributed by atoms with E-state index in [9.17, 15) is 34.2 Å². The smallest absolute Gasteiger partial charge is 0.408 e. The number of phenolic OH excluding ortho intramolecular Hbond substituents is 1. The fraction of sp³-hybridized carbons (Fsp3) is 0.324. The maximum atomic E-state index is 13.3. The molecule has 3 amide bonds. The van der Waals surface area contributed by atoms with Crippen molar-refractivity contribution in [2.75, 3.05) is 5.75 Å². The molecule has 0 aliphatic carbocycles. The molecule has 0 saturated carbocycles. The Morgan fingerprint density at radius 3 is 1.68 bits per heavy atom. The average molecular weight is 666 g/mol. The summed E-state index contributed by atoms with van der Waals surface area (Å²) in [7, 11) is 0. The van der Waals surface area contributed by atoms with Crippen molar-refractivity contribution in [2.45, 2.75) is 58.0 Å². The molecule has 0 aromatic heterocycles. The number of alkyl carbamates (subject to hydrolysis) is 2. The molecule has 13 heteroatoms. The van der Waals surface area contributed by atoms with Gasteiger partial charge >= 0.3 is 18.2 Å². The molecule has 12 nitrogen and oxygen atoms in total. The van der Waals surface area contributed by atoms with Crippen molar-refractivity contribution < 1.29 is 43.7 Å². The van der Waals surface area contributed by atoms with Crippen molar-refractivity contribution in [3.63, 3.8) is 0 Å². The summed E-state index contributed by atoms with van der Waals surface area (Å²) in [5.74, 6) is -2.55. The minimum absolute atomic E-state index is 0.00679. The molecule has 0 spiro atoms. The van der Waals surface area contributed by atoms with Crippen LogP contribution in [0.15, 0.2) is 84.9 Å².